The predicted molar refractivity (Wildman–Crippen MR) is 81.1 cm³/mol. The number of non-ortho nitro benzene ring substituents is 1. The van der Waals surface area contributed by atoms with Crippen molar-refractivity contribution >= 4 is 5.69 Å². The van der Waals surface area contributed by atoms with E-state index in [2.05, 4.69) is 4.98 Å². The number of nitro groups is 1. The fourth-order valence-corrected chi connectivity index (χ4v) is 2.26. The lowest BCUT2D eigenvalue weighted by Gasteiger charge is -2.10. The number of alkyl halides is 3. The van der Waals surface area contributed by atoms with Gasteiger partial charge in [0.25, 0.3) is 5.69 Å². The summed E-state index contributed by atoms with van der Waals surface area (Å²) in [4.78, 5) is 14.1. The van der Waals surface area contributed by atoms with Gasteiger partial charge in [-0.1, -0.05) is 30.3 Å². The predicted octanol–water partition coefficient (Wildman–Crippen LogP) is 4.60. The molecule has 24 heavy (non-hydrogen) atoms. The highest BCUT2D eigenvalue weighted by molar-refractivity contribution is 5.65. The zero-order chi connectivity index (χ0) is 17.3. The highest BCUT2D eigenvalue weighted by atomic mass is 19.4. The summed E-state index contributed by atoms with van der Waals surface area (Å²) >= 11 is 0. The highest BCUT2D eigenvalue weighted by Gasteiger charge is 2.34. The Morgan fingerprint density at radius 3 is 2.12 bits per heavy atom. The highest BCUT2D eigenvalue weighted by Crippen LogP contribution is 2.33. The minimum Gasteiger partial charge on any atom is -0.258 e. The monoisotopic (exact) mass is 333 g/mol. The zero-order valence-electron chi connectivity index (χ0n) is 12.1. The van der Waals surface area contributed by atoms with Gasteiger partial charge in [0.1, 0.15) is 5.82 Å². The SMILES string of the molecule is O=[N+]([O-])c1ccc(-c2nc(-c3ccccc3)cn2C(F)(F)F)cc1. The van der Waals surface area contributed by atoms with Crippen LogP contribution in [-0.2, 0) is 6.30 Å². The molecule has 3 aromatic rings. The van der Waals surface area contributed by atoms with Gasteiger partial charge in [0.05, 0.1) is 10.6 Å². The third-order valence-electron chi connectivity index (χ3n) is 3.38. The topological polar surface area (TPSA) is 61.0 Å². The fraction of sp³-hybridized carbons (Fsp3) is 0.0625. The number of rotatable bonds is 3. The molecule has 0 saturated heterocycles. The normalized spacial score (nSPS) is 11.5. The van der Waals surface area contributed by atoms with E-state index >= 15 is 0 Å². The van der Waals surface area contributed by atoms with Crippen LogP contribution in [0.15, 0.2) is 60.8 Å². The van der Waals surface area contributed by atoms with E-state index < -0.39 is 11.2 Å². The minimum atomic E-state index is -4.66. The molecule has 0 aliphatic rings. The lowest BCUT2D eigenvalue weighted by molar-refractivity contribution is -0.384. The molecule has 0 saturated carbocycles. The van der Waals surface area contributed by atoms with Crippen LogP contribution in [-0.4, -0.2) is 14.5 Å². The summed E-state index contributed by atoms with van der Waals surface area (Å²) in [6, 6.07) is 13.3. The van der Waals surface area contributed by atoms with E-state index in [1.54, 1.807) is 30.3 Å². The number of aromatic nitrogens is 2. The Morgan fingerprint density at radius 2 is 1.58 bits per heavy atom. The molecule has 2 aromatic carbocycles. The van der Waals surface area contributed by atoms with E-state index in [-0.39, 0.29) is 27.3 Å². The average molecular weight is 333 g/mol. The number of imidazole rings is 1. The number of benzene rings is 2. The summed E-state index contributed by atoms with van der Waals surface area (Å²) in [5.74, 6) is -0.323. The summed E-state index contributed by atoms with van der Waals surface area (Å²) in [5.41, 5.74) is 0.650. The van der Waals surface area contributed by atoms with Crippen molar-refractivity contribution in [2.75, 3.05) is 0 Å². The van der Waals surface area contributed by atoms with Crippen molar-refractivity contribution in [2.24, 2.45) is 0 Å². The van der Waals surface area contributed by atoms with Gasteiger partial charge in [0.2, 0.25) is 0 Å². The minimum absolute atomic E-state index is 0.108. The lowest BCUT2D eigenvalue weighted by Crippen LogP contribution is -2.16. The van der Waals surface area contributed by atoms with Crippen LogP contribution in [0, 0.1) is 10.1 Å². The van der Waals surface area contributed by atoms with Gasteiger partial charge in [-0.25, -0.2) is 9.55 Å². The van der Waals surface area contributed by atoms with Gasteiger partial charge in [0, 0.05) is 29.5 Å². The Kier molecular flexibility index (Phi) is 3.80. The smallest absolute Gasteiger partial charge is 0.258 e. The van der Waals surface area contributed by atoms with Gasteiger partial charge in [-0.15, -0.1) is 13.2 Å². The molecular formula is C16H10F3N3O2. The number of hydrogen-bond donors (Lipinski definition) is 0. The molecule has 0 unspecified atom stereocenters. The Bertz CT molecular complexity index is 872. The van der Waals surface area contributed by atoms with Crippen LogP contribution in [0.3, 0.4) is 0 Å². The number of nitro benzene ring substituents is 1. The van der Waals surface area contributed by atoms with E-state index in [1.165, 1.54) is 12.1 Å². The Balaban J connectivity index is 2.12. The number of nitrogens with zero attached hydrogens (tertiary/aromatic N) is 3. The molecule has 0 bridgehead atoms. The second-order valence-corrected chi connectivity index (χ2v) is 4.96. The van der Waals surface area contributed by atoms with E-state index in [4.69, 9.17) is 0 Å². The van der Waals surface area contributed by atoms with Gasteiger partial charge in [0.15, 0.2) is 0 Å². The lowest BCUT2D eigenvalue weighted by atomic mass is 10.2. The first-order valence-electron chi connectivity index (χ1n) is 6.83. The molecule has 0 amide bonds. The molecule has 0 atom stereocenters. The van der Waals surface area contributed by atoms with Gasteiger partial charge >= 0.3 is 6.30 Å². The van der Waals surface area contributed by atoms with E-state index in [0.717, 1.165) is 18.3 Å². The third-order valence-corrected chi connectivity index (χ3v) is 3.38. The molecule has 5 nitrogen and oxygen atoms in total. The molecule has 0 aliphatic carbocycles. The average Bonchev–Trinajstić information content (AvgIpc) is 3.01. The summed E-state index contributed by atoms with van der Waals surface area (Å²) in [5, 5.41) is 10.7. The summed E-state index contributed by atoms with van der Waals surface area (Å²) in [6.45, 7) is 0. The largest absolute Gasteiger partial charge is 0.490 e. The molecule has 122 valence electrons. The quantitative estimate of drug-likeness (QED) is 0.520. The summed E-state index contributed by atoms with van der Waals surface area (Å²) < 4.78 is 40.0. The van der Waals surface area contributed by atoms with E-state index in [0.29, 0.717) is 5.56 Å². The van der Waals surface area contributed by atoms with Gasteiger partial charge in [-0.05, 0) is 12.1 Å². The maximum atomic E-state index is 13.3. The fourth-order valence-electron chi connectivity index (χ4n) is 2.26. The van der Waals surface area contributed by atoms with Crippen LogP contribution >= 0.6 is 0 Å². The van der Waals surface area contributed by atoms with Crippen molar-refractivity contribution in [3.05, 3.63) is 70.9 Å². The molecule has 1 aromatic heterocycles. The van der Waals surface area contributed by atoms with Crippen LogP contribution in [0.1, 0.15) is 0 Å². The van der Waals surface area contributed by atoms with Gasteiger partial charge < -0.3 is 0 Å². The first kappa shape index (κ1) is 15.7. The maximum absolute atomic E-state index is 13.3. The van der Waals surface area contributed by atoms with Gasteiger partial charge in [-0.2, -0.15) is 0 Å². The van der Waals surface area contributed by atoms with E-state index in [9.17, 15) is 23.3 Å². The maximum Gasteiger partial charge on any atom is 0.490 e. The molecular weight excluding hydrogens is 323 g/mol. The van der Waals surface area contributed by atoms with Crippen LogP contribution in [0.4, 0.5) is 18.9 Å². The molecule has 8 heteroatoms. The number of hydrogen-bond acceptors (Lipinski definition) is 3. The standard InChI is InChI=1S/C16H10F3N3O2/c17-16(18,19)21-10-14(11-4-2-1-3-5-11)20-15(21)12-6-8-13(9-7-12)22(23)24/h1-10H. The summed E-state index contributed by atoms with van der Waals surface area (Å²) in [7, 11) is 0. The Labute approximate surface area is 134 Å². The molecule has 0 aliphatic heterocycles. The van der Waals surface area contributed by atoms with Crippen LogP contribution in [0.25, 0.3) is 22.6 Å². The summed E-state index contributed by atoms with van der Waals surface area (Å²) in [6.07, 6.45) is -3.75. The van der Waals surface area contributed by atoms with Crippen LogP contribution < -0.4 is 0 Å². The molecule has 0 fully saturated rings. The molecule has 0 radical (unpaired) electrons. The second kappa shape index (κ2) is 5.80. The molecule has 0 spiro atoms. The van der Waals surface area contributed by atoms with Crippen molar-refractivity contribution in [1.82, 2.24) is 9.55 Å². The first-order chi connectivity index (χ1) is 11.4. The van der Waals surface area contributed by atoms with Crippen molar-refractivity contribution in [1.29, 1.82) is 0 Å². The van der Waals surface area contributed by atoms with Crippen molar-refractivity contribution in [3.8, 4) is 22.6 Å². The van der Waals surface area contributed by atoms with Crippen molar-refractivity contribution in [2.45, 2.75) is 6.30 Å². The van der Waals surface area contributed by atoms with Crippen LogP contribution in [0.5, 0.6) is 0 Å². The molecule has 1 heterocycles. The van der Waals surface area contributed by atoms with Gasteiger partial charge in [-0.3, -0.25) is 10.1 Å². The Morgan fingerprint density at radius 1 is 0.958 bits per heavy atom. The van der Waals surface area contributed by atoms with Crippen LogP contribution in [0.2, 0.25) is 0 Å². The van der Waals surface area contributed by atoms with E-state index in [1.807, 2.05) is 0 Å². The Hall–Kier alpha value is -3.16. The van der Waals surface area contributed by atoms with Crippen molar-refractivity contribution in [3.63, 3.8) is 0 Å². The molecule has 3 rings (SSSR count). The third kappa shape index (κ3) is 2.98. The number of halogens is 3. The zero-order valence-corrected chi connectivity index (χ0v) is 12.1. The second-order valence-electron chi connectivity index (χ2n) is 4.96. The van der Waals surface area contributed by atoms with Crippen molar-refractivity contribution < 1.29 is 18.1 Å². The molecule has 0 N–H and O–H groups in total. The first-order valence-corrected chi connectivity index (χ1v) is 6.83.